The second-order valence-corrected chi connectivity index (χ2v) is 4.56. The fourth-order valence-corrected chi connectivity index (χ4v) is 2.04. The molecule has 0 spiro atoms. The van der Waals surface area contributed by atoms with Gasteiger partial charge in [-0.2, -0.15) is 0 Å². The van der Waals surface area contributed by atoms with Gasteiger partial charge < -0.3 is 5.32 Å². The Balaban J connectivity index is 3.68. The molecule has 0 saturated carbocycles. The van der Waals surface area contributed by atoms with Crippen LogP contribution >= 0.6 is 11.6 Å². The highest BCUT2D eigenvalue weighted by Gasteiger charge is 2.15. The van der Waals surface area contributed by atoms with Crippen LogP contribution in [-0.2, 0) is 4.79 Å². The summed E-state index contributed by atoms with van der Waals surface area (Å²) in [4.78, 5) is 11.3. The predicted octanol–water partition coefficient (Wildman–Crippen LogP) is 3.34. The minimum atomic E-state index is 0.0746. The molecule has 1 amide bonds. The van der Waals surface area contributed by atoms with Gasteiger partial charge in [-0.15, -0.1) is 11.6 Å². The zero-order valence-electron chi connectivity index (χ0n) is 10.2. The minimum absolute atomic E-state index is 0.0746. The number of unbranched alkanes of at least 4 members (excludes halogenated alkanes) is 1. The lowest BCUT2D eigenvalue weighted by atomic mass is 9.99. The van der Waals surface area contributed by atoms with Gasteiger partial charge in [-0.3, -0.25) is 4.79 Å². The molecule has 15 heavy (non-hydrogen) atoms. The smallest absolute Gasteiger partial charge is 0.220 e. The van der Waals surface area contributed by atoms with E-state index in [0.717, 1.165) is 25.7 Å². The van der Waals surface area contributed by atoms with Crippen LogP contribution < -0.4 is 5.32 Å². The summed E-state index contributed by atoms with van der Waals surface area (Å²) in [5.74, 6) is 0.645. The van der Waals surface area contributed by atoms with Crippen molar-refractivity contribution in [2.75, 3.05) is 6.54 Å². The molecule has 0 radical (unpaired) electrons. The number of carbonyl (C=O) groups is 1. The zero-order chi connectivity index (χ0) is 11.7. The van der Waals surface area contributed by atoms with E-state index < -0.39 is 0 Å². The van der Waals surface area contributed by atoms with Gasteiger partial charge in [-0.1, -0.05) is 40.0 Å². The van der Waals surface area contributed by atoms with E-state index in [4.69, 9.17) is 11.6 Å². The van der Waals surface area contributed by atoms with Crippen LogP contribution in [0.1, 0.15) is 52.9 Å². The normalized spacial score (nSPS) is 12.9. The van der Waals surface area contributed by atoms with E-state index >= 15 is 0 Å². The summed E-state index contributed by atoms with van der Waals surface area (Å²) >= 11 is 6.21. The summed E-state index contributed by atoms with van der Waals surface area (Å²) in [6.07, 6.45) is 4.81. The third kappa shape index (κ3) is 6.77. The molecule has 0 aliphatic heterocycles. The lowest BCUT2D eigenvalue weighted by Gasteiger charge is -2.19. The second kappa shape index (κ2) is 9.02. The van der Waals surface area contributed by atoms with E-state index in [0.29, 0.717) is 18.9 Å². The molecule has 90 valence electrons. The highest BCUT2D eigenvalue weighted by molar-refractivity contribution is 6.21. The summed E-state index contributed by atoms with van der Waals surface area (Å²) in [6.45, 7) is 6.98. The number of rotatable bonds is 8. The lowest BCUT2D eigenvalue weighted by molar-refractivity contribution is -0.121. The van der Waals surface area contributed by atoms with Gasteiger partial charge in [0, 0.05) is 13.0 Å². The van der Waals surface area contributed by atoms with Crippen molar-refractivity contribution < 1.29 is 4.79 Å². The number of carbonyl (C=O) groups excluding carboxylic acids is 1. The van der Waals surface area contributed by atoms with Gasteiger partial charge in [0.2, 0.25) is 5.91 Å². The molecule has 1 N–H and O–H groups in total. The molecule has 0 aromatic heterocycles. The van der Waals surface area contributed by atoms with Crippen LogP contribution in [-0.4, -0.2) is 17.8 Å². The summed E-state index contributed by atoms with van der Waals surface area (Å²) in [6, 6.07) is 0. The molecule has 2 nitrogen and oxygen atoms in total. The second-order valence-electron chi connectivity index (χ2n) is 4.00. The van der Waals surface area contributed by atoms with E-state index in [1.807, 2.05) is 0 Å². The van der Waals surface area contributed by atoms with Crippen LogP contribution in [0, 0.1) is 5.92 Å². The average molecular weight is 234 g/mol. The van der Waals surface area contributed by atoms with Crippen LogP contribution in [0.3, 0.4) is 0 Å². The molecule has 0 saturated heterocycles. The monoisotopic (exact) mass is 233 g/mol. The van der Waals surface area contributed by atoms with Crippen LogP contribution in [0.4, 0.5) is 0 Å². The Bertz CT molecular complexity index is 169. The number of alkyl halides is 1. The quantitative estimate of drug-likeness (QED) is 0.641. The molecule has 0 aromatic carbocycles. The molecule has 3 heteroatoms. The highest BCUT2D eigenvalue weighted by Crippen LogP contribution is 2.17. The minimum Gasteiger partial charge on any atom is -0.355 e. The molecule has 0 aliphatic carbocycles. The molecule has 0 aliphatic rings. The Morgan fingerprint density at radius 3 is 2.33 bits per heavy atom. The first kappa shape index (κ1) is 14.8. The van der Waals surface area contributed by atoms with Gasteiger partial charge in [-0.05, 0) is 12.3 Å². The van der Waals surface area contributed by atoms with E-state index in [2.05, 4.69) is 26.1 Å². The van der Waals surface area contributed by atoms with E-state index in [9.17, 15) is 4.79 Å². The first-order valence-corrected chi connectivity index (χ1v) is 6.50. The maximum absolute atomic E-state index is 11.3. The molecule has 0 fully saturated rings. The summed E-state index contributed by atoms with van der Waals surface area (Å²) in [5, 5.41) is 2.97. The molecule has 0 heterocycles. The Morgan fingerprint density at radius 2 is 1.87 bits per heavy atom. The predicted molar refractivity (Wildman–Crippen MR) is 66.2 cm³/mol. The SMILES string of the molecule is CCCCC(=O)NCC(Cl)C(CC)CC. The van der Waals surface area contributed by atoms with Crippen molar-refractivity contribution in [3.8, 4) is 0 Å². The van der Waals surface area contributed by atoms with Crippen molar-refractivity contribution in [1.29, 1.82) is 0 Å². The Kier molecular flexibility index (Phi) is 8.88. The fourth-order valence-electron chi connectivity index (χ4n) is 1.60. The average Bonchev–Trinajstić information content (AvgIpc) is 2.25. The Labute approximate surface area is 98.8 Å². The van der Waals surface area contributed by atoms with Crippen molar-refractivity contribution in [3.63, 3.8) is 0 Å². The summed E-state index contributed by atoms with van der Waals surface area (Å²) < 4.78 is 0. The molecule has 1 atom stereocenters. The number of amides is 1. The number of halogens is 1. The maximum Gasteiger partial charge on any atom is 0.220 e. The van der Waals surface area contributed by atoms with Crippen LogP contribution in [0.25, 0.3) is 0 Å². The first-order valence-electron chi connectivity index (χ1n) is 6.06. The highest BCUT2D eigenvalue weighted by atomic mass is 35.5. The van der Waals surface area contributed by atoms with E-state index in [-0.39, 0.29) is 11.3 Å². The van der Waals surface area contributed by atoms with Gasteiger partial charge in [-0.25, -0.2) is 0 Å². The van der Waals surface area contributed by atoms with E-state index in [1.54, 1.807) is 0 Å². The van der Waals surface area contributed by atoms with Crippen molar-refractivity contribution >= 4 is 17.5 Å². The molecular weight excluding hydrogens is 210 g/mol. The van der Waals surface area contributed by atoms with E-state index in [1.165, 1.54) is 0 Å². The van der Waals surface area contributed by atoms with Crippen molar-refractivity contribution in [3.05, 3.63) is 0 Å². The molecule has 0 bridgehead atoms. The molecule has 0 rings (SSSR count). The van der Waals surface area contributed by atoms with Gasteiger partial charge in [0.25, 0.3) is 0 Å². The Morgan fingerprint density at radius 1 is 1.27 bits per heavy atom. The fraction of sp³-hybridized carbons (Fsp3) is 0.917. The van der Waals surface area contributed by atoms with Crippen molar-refractivity contribution in [2.24, 2.45) is 5.92 Å². The zero-order valence-corrected chi connectivity index (χ0v) is 10.9. The maximum atomic E-state index is 11.3. The largest absolute Gasteiger partial charge is 0.355 e. The van der Waals surface area contributed by atoms with Crippen LogP contribution in [0.15, 0.2) is 0 Å². The van der Waals surface area contributed by atoms with Crippen molar-refractivity contribution in [2.45, 2.75) is 58.3 Å². The Hall–Kier alpha value is -0.240. The van der Waals surface area contributed by atoms with Crippen LogP contribution in [0.2, 0.25) is 0 Å². The van der Waals surface area contributed by atoms with Gasteiger partial charge in [0.05, 0.1) is 5.38 Å². The summed E-state index contributed by atoms with van der Waals surface area (Å²) in [7, 11) is 0. The third-order valence-corrected chi connectivity index (χ3v) is 3.32. The standard InChI is InChI=1S/C12H24ClNO/c1-4-7-8-12(15)14-9-11(13)10(5-2)6-3/h10-11H,4-9H2,1-3H3,(H,14,15). The van der Waals surface area contributed by atoms with Gasteiger partial charge in [0.1, 0.15) is 0 Å². The van der Waals surface area contributed by atoms with Crippen LogP contribution in [0.5, 0.6) is 0 Å². The van der Waals surface area contributed by atoms with Gasteiger partial charge in [0.15, 0.2) is 0 Å². The first-order chi connectivity index (χ1) is 7.15. The van der Waals surface area contributed by atoms with Gasteiger partial charge >= 0.3 is 0 Å². The number of hydrogen-bond acceptors (Lipinski definition) is 1. The number of hydrogen-bond donors (Lipinski definition) is 1. The summed E-state index contributed by atoms with van der Waals surface area (Å²) in [5.41, 5.74) is 0. The third-order valence-electron chi connectivity index (χ3n) is 2.81. The number of nitrogens with one attached hydrogen (secondary N) is 1. The topological polar surface area (TPSA) is 29.1 Å². The molecule has 0 aromatic rings. The molecular formula is C12H24ClNO. The lowest BCUT2D eigenvalue weighted by Crippen LogP contribution is -2.32. The molecule has 1 unspecified atom stereocenters. The van der Waals surface area contributed by atoms with Crippen molar-refractivity contribution in [1.82, 2.24) is 5.32 Å².